The number of carbonyl (C=O) groups excluding carboxylic acids is 1. The number of aromatic hydroxyl groups is 1. The first kappa shape index (κ1) is 18.0. The molecule has 1 aromatic rings. The molecule has 22 heavy (non-hydrogen) atoms. The van der Waals surface area contributed by atoms with E-state index in [1.165, 1.54) is 12.1 Å². The molecule has 0 saturated carbocycles. The van der Waals surface area contributed by atoms with Crippen LogP contribution in [0.4, 0.5) is 0 Å². The highest BCUT2D eigenvalue weighted by atomic mass is 16.4. The van der Waals surface area contributed by atoms with Gasteiger partial charge < -0.3 is 20.4 Å². The maximum atomic E-state index is 11.8. The van der Waals surface area contributed by atoms with Crippen LogP contribution in [-0.2, 0) is 16.0 Å². The quantitative estimate of drug-likeness (QED) is 0.597. The fourth-order valence-corrected chi connectivity index (χ4v) is 2.05. The number of hydrogen-bond acceptors (Lipinski definition) is 4. The van der Waals surface area contributed by atoms with Crippen molar-refractivity contribution in [1.29, 1.82) is 0 Å². The third-order valence-corrected chi connectivity index (χ3v) is 3.27. The molecule has 0 aliphatic heterocycles. The SMILES string of the molecule is CN(C)CCCCC(=O)N[C@@H](Cc1ccc(O)cc1)C(=O)O. The molecular weight excluding hydrogens is 284 g/mol. The van der Waals surface area contributed by atoms with Gasteiger partial charge in [0, 0.05) is 12.8 Å². The zero-order valence-electron chi connectivity index (χ0n) is 13.1. The van der Waals surface area contributed by atoms with Crippen LogP contribution in [0, 0.1) is 0 Å². The van der Waals surface area contributed by atoms with Crippen LogP contribution in [0.3, 0.4) is 0 Å². The van der Waals surface area contributed by atoms with Crippen molar-refractivity contribution in [2.75, 3.05) is 20.6 Å². The van der Waals surface area contributed by atoms with Gasteiger partial charge in [-0.3, -0.25) is 4.79 Å². The van der Waals surface area contributed by atoms with Crippen molar-refractivity contribution in [1.82, 2.24) is 10.2 Å². The number of hydrogen-bond donors (Lipinski definition) is 3. The number of rotatable bonds is 9. The van der Waals surface area contributed by atoms with Crippen LogP contribution in [0.1, 0.15) is 24.8 Å². The van der Waals surface area contributed by atoms with Crippen LogP contribution >= 0.6 is 0 Å². The molecule has 3 N–H and O–H groups in total. The lowest BCUT2D eigenvalue weighted by molar-refractivity contribution is -0.141. The smallest absolute Gasteiger partial charge is 0.326 e. The number of carboxylic acids is 1. The van der Waals surface area contributed by atoms with E-state index in [0.717, 1.165) is 24.9 Å². The highest BCUT2D eigenvalue weighted by Gasteiger charge is 2.20. The molecule has 122 valence electrons. The lowest BCUT2D eigenvalue weighted by Gasteiger charge is -2.15. The molecule has 1 amide bonds. The predicted octanol–water partition coefficient (Wildman–Crippen LogP) is 1.24. The summed E-state index contributed by atoms with van der Waals surface area (Å²) in [6.45, 7) is 0.906. The first-order valence-electron chi connectivity index (χ1n) is 7.33. The monoisotopic (exact) mass is 308 g/mol. The molecule has 6 heteroatoms. The molecule has 0 bridgehead atoms. The van der Waals surface area contributed by atoms with E-state index in [4.69, 9.17) is 0 Å². The van der Waals surface area contributed by atoms with E-state index in [9.17, 15) is 19.8 Å². The summed E-state index contributed by atoms with van der Waals surface area (Å²) in [6, 6.07) is 5.34. The molecule has 0 unspecified atom stereocenters. The van der Waals surface area contributed by atoms with Gasteiger partial charge in [0.05, 0.1) is 0 Å². The number of phenolic OH excluding ortho intramolecular Hbond substituents is 1. The molecule has 0 spiro atoms. The number of unbranched alkanes of at least 4 members (excludes halogenated alkanes) is 1. The Bertz CT molecular complexity index is 485. The normalized spacial score (nSPS) is 12.1. The van der Waals surface area contributed by atoms with Gasteiger partial charge in [0.15, 0.2) is 0 Å². The van der Waals surface area contributed by atoms with Gasteiger partial charge in [0.1, 0.15) is 11.8 Å². The van der Waals surface area contributed by atoms with Crippen LogP contribution in [0.15, 0.2) is 24.3 Å². The minimum Gasteiger partial charge on any atom is -0.508 e. The first-order chi connectivity index (χ1) is 10.4. The highest BCUT2D eigenvalue weighted by Crippen LogP contribution is 2.11. The Hall–Kier alpha value is -2.08. The van der Waals surface area contributed by atoms with E-state index < -0.39 is 12.0 Å². The molecule has 0 heterocycles. The Kier molecular flexibility index (Phi) is 7.39. The Morgan fingerprint density at radius 2 is 1.82 bits per heavy atom. The Balaban J connectivity index is 2.45. The van der Waals surface area contributed by atoms with E-state index >= 15 is 0 Å². The molecule has 0 fully saturated rings. The number of nitrogens with one attached hydrogen (secondary N) is 1. The third-order valence-electron chi connectivity index (χ3n) is 3.27. The fraction of sp³-hybridized carbons (Fsp3) is 0.500. The number of amides is 1. The molecular formula is C16H24N2O4. The number of nitrogens with zero attached hydrogens (tertiary/aromatic N) is 1. The van der Waals surface area contributed by atoms with E-state index in [1.54, 1.807) is 12.1 Å². The summed E-state index contributed by atoms with van der Waals surface area (Å²) in [5.74, 6) is -1.18. The average molecular weight is 308 g/mol. The van der Waals surface area contributed by atoms with E-state index in [1.807, 2.05) is 19.0 Å². The van der Waals surface area contributed by atoms with Crippen molar-refractivity contribution >= 4 is 11.9 Å². The molecule has 0 saturated heterocycles. The summed E-state index contributed by atoms with van der Waals surface area (Å²) in [5.41, 5.74) is 0.748. The second-order valence-corrected chi connectivity index (χ2v) is 5.59. The molecule has 0 aromatic heterocycles. The Morgan fingerprint density at radius 1 is 1.18 bits per heavy atom. The van der Waals surface area contributed by atoms with Crippen LogP contribution in [0.25, 0.3) is 0 Å². The van der Waals surface area contributed by atoms with Gasteiger partial charge in [0.2, 0.25) is 5.91 Å². The van der Waals surface area contributed by atoms with E-state index in [2.05, 4.69) is 5.32 Å². The summed E-state index contributed by atoms with van der Waals surface area (Å²) in [4.78, 5) is 25.1. The maximum Gasteiger partial charge on any atom is 0.326 e. The van der Waals surface area contributed by atoms with E-state index in [0.29, 0.717) is 6.42 Å². The van der Waals surface area contributed by atoms with Gasteiger partial charge in [-0.15, -0.1) is 0 Å². The molecule has 1 rings (SSSR count). The number of carboxylic acid groups (broad SMARTS) is 1. The summed E-state index contributed by atoms with van der Waals surface area (Å²) < 4.78 is 0. The second kappa shape index (κ2) is 9.04. The fourth-order valence-electron chi connectivity index (χ4n) is 2.05. The van der Waals surface area contributed by atoms with Crippen molar-refractivity contribution in [2.45, 2.75) is 31.7 Å². The molecule has 0 aliphatic rings. The number of benzene rings is 1. The zero-order valence-corrected chi connectivity index (χ0v) is 13.1. The summed E-state index contributed by atoms with van der Waals surface area (Å²) in [7, 11) is 3.94. The van der Waals surface area contributed by atoms with Gasteiger partial charge in [-0.05, 0) is 51.2 Å². The number of aliphatic carboxylic acids is 1. The van der Waals surface area contributed by atoms with Gasteiger partial charge in [-0.25, -0.2) is 4.79 Å². The molecule has 6 nitrogen and oxygen atoms in total. The number of phenols is 1. The predicted molar refractivity (Wildman–Crippen MR) is 83.8 cm³/mol. The molecule has 1 atom stereocenters. The maximum absolute atomic E-state index is 11.8. The molecule has 0 radical (unpaired) electrons. The summed E-state index contributed by atoms with van der Waals surface area (Å²) in [5, 5.41) is 21.0. The van der Waals surface area contributed by atoms with Gasteiger partial charge >= 0.3 is 5.97 Å². The van der Waals surface area contributed by atoms with E-state index in [-0.39, 0.29) is 18.1 Å². The second-order valence-electron chi connectivity index (χ2n) is 5.59. The standard InChI is InChI=1S/C16H24N2O4/c1-18(2)10-4-3-5-15(20)17-14(16(21)22)11-12-6-8-13(19)9-7-12/h6-9,14,19H,3-5,10-11H2,1-2H3,(H,17,20)(H,21,22)/t14-/m0/s1. The largest absolute Gasteiger partial charge is 0.508 e. The lowest BCUT2D eigenvalue weighted by Crippen LogP contribution is -2.42. The van der Waals surface area contributed by atoms with Gasteiger partial charge in [-0.2, -0.15) is 0 Å². The van der Waals surface area contributed by atoms with Gasteiger partial charge in [-0.1, -0.05) is 12.1 Å². The Morgan fingerprint density at radius 3 is 2.36 bits per heavy atom. The topological polar surface area (TPSA) is 89.9 Å². The van der Waals surface area contributed by atoms with Crippen LogP contribution < -0.4 is 5.32 Å². The van der Waals surface area contributed by atoms with Crippen molar-refractivity contribution in [3.63, 3.8) is 0 Å². The van der Waals surface area contributed by atoms with Gasteiger partial charge in [0.25, 0.3) is 0 Å². The molecule has 0 aliphatic carbocycles. The van der Waals surface area contributed by atoms with Crippen molar-refractivity contribution < 1.29 is 19.8 Å². The van der Waals surface area contributed by atoms with Crippen LogP contribution in [0.5, 0.6) is 5.75 Å². The minimum atomic E-state index is -1.06. The van der Waals surface area contributed by atoms with Crippen molar-refractivity contribution in [2.24, 2.45) is 0 Å². The minimum absolute atomic E-state index is 0.126. The summed E-state index contributed by atoms with van der Waals surface area (Å²) in [6.07, 6.45) is 2.15. The molecule has 1 aromatic carbocycles. The third kappa shape index (κ3) is 7.08. The Labute approximate surface area is 130 Å². The average Bonchev–Trinajstić information content (AvgIpc) is 2.45. The zero-order chi connectivity index (χ0) is 16.5. The van der Waals surface area contributed by atoms with Crippen LogP contribution in [-0.4, -0.2) is 53.7 Å². The lowest BCUT2D eigenvalue weighted by atomic mass is 10.1. The van der Waals surface area contributed by atoms with Crippen LogP contribution in [0.2, 0.25) is 0 Å². The van der Waals surface area contributed by atoms with Crippen molar-refractivity contribution in [3.05, 3.63) is 29.8 Å². The first-order valence-corrected chi connectivity index (χ1v) is 7.33. The highest BCUT2D eigenvalue weighted by molar-refractivity contribution is 5.83. The number of carbonyl (C=O) groups is 2. The van der Waals surface area contributed by atoms with Crippen molar-refractivity contribution in [3.8, 4) is 5.75 Å². The summed E-state index contributed by atoms with van der Waals surface area (Å²) >= 11 is 0.